The highest BCUT2D eigenvalue weighted by atomic mass is 19.1. The summed E-state index contributed by atoms with van der Waals surface area (Å²) in [4.78, 5) is 50.2. The van der Waals surface area contributed by atoms with Crippen molar-refractivity contribution in [2.75, 3.05) is 24.6 Å². The summed E-state index contributed by atoms with van der Waals surface area (Å²) in [6.07, 6.45) is 2.51. The summed E-state index contributed by atoms with van der Waals surface area (Å²) >= 11 is 0. The molecule has 0 radical (unpaired) electrons. The first kappa shape index (κ1) is 28.5. The maximum absolute atomic E-state index is 13.5. The summed E-state index contributed by atoms with van der Waals surface area (Å²) in [6, 6.07) is 15.8. The fourth-order valence-corrected chi connectivity index (χ4v) is 5.22. The minimum atomic E-state index is -0.635. The Labute approximate surface area is 242 Å². The van der Waals surface area contributed by atoms with Gasteiger partial charge in [-0.2, -0.15) is 0 Å². The molecule has 9 nitrogen and oxygen atoms in total. The second-order valence-corrected chi connectivity index (χ2v) is 10.5. The van der Waals surface area contributed by atoms with Crippen LogP contribution < -0.4 is 9.64 Å². The number of aromatic nitrogens is 2. The highest BCUT2D eigenvalue weighted by Crippen LogP contribution is 2.41. The van der Waals surface area contributed by atoms with Crippen molar-refractivity contribution in [3.05, 3.63) is 95.7 Å². The lowest BCUT2D eigenvalue weighted by Crippen LogP contribution is -2.37. The van der Waals surface area contributed by atoms with E-state index in [0.717, 1.165) is 10.9 Å². The molecular weight excluding hydrogens is 539 g/mol. The summed E-state index contributed by atoms with van der Waals surface area (Å²) < 4.78 is 24.6. The Kier molecular flexibility index (Phi) is 7.80. The number of ether oxygens (including phenoxy) is 2. The molecule has 3 heterocycles. The van der Waals surface area contributed by atoms with Crippen molar-refractivity contribution in [1.29, 1.82) is 0 Å². The average Bonchev–Trinajstić information content (AvgIpc) is 3.30. The number of amides is 2. The molecule has 0 spiro atoms. The Morgan fingerprint density at radius 3 is 2.50 bits per heavy atom. The lowest BCUT2D eigenvalue weighted by Gasteiger charge is -2.29. The van der Waals surface area contributed by atoms with Gasteiger partial charge in [-0.15, -0.1) is 0 Å². The monoisotopic (exact) mass is 570 g/mol. The Morgan fingerprint density at radius 2 is 1.83 bits per heavy atom. The summed E-state index contributed by atoms with van der Waals surface area (Å²) in [5.74, 6) is -0.632. The SMILES string of the molecule is CCOC(=O)C1=CN(C(=O)c2ccc(F)cc2)CC(C)(C)c2c1[nH]c1cc(OC(=O)N(CC)c3ccccn3)ccc21. The molecule has 0 fully saturated rings. The second-order valence-electron chi connectivity index (χ2n) is 10.5. The molecule has 2 aromatic carbocycles. The maximum Gasteiger partial charge on any atom is 0.420 e. The number of carbonyl (C=O) groups excluding carboxylic acids is 3. The number of hydrogen-bond acceptors (Lipinski definition) is 6. The van der Waals surface area contributed by atoms with Gasteiger partial charge in [-0.05, 0) is 67.9 Å². The number of benzene rings is 2. The fraction of sp³-hybridized carbons (Fsp3) is 0.250. The second kappa shape index (κ2) is 11.5. The minimum Gasteiger partial charge on any atom is -0.462 e. The quantitative estimate of drug-likeness (QED) is 0.283. The molecule has 0 saturated carbocycles. The van der Waals surface area contributed by atoms with Gasteiger partial charge in [0.2, 0.25) is 0 Å². The van der Waals surface area contributed by atoms with Gasteiger partial charge in [0, 0.05) is 53.4 Å². The number of rotatable bonds is 6. The molecule has 5 rings (SSSR count). The minimum absolute atomic E-state index is 0.144. The normalized spacial score (nSPS) is 14.0. The molecule has 4 aromatic rings. The zero-order chi connectivity index (χ0) is 30.0. The van der Waals surface area contributed by atoms with Crippen molar-refractivity contribution in [3.63, 3.8) is 0 Å². The number of aromatic amines is 1. The Bertz CT molecular complexity index is 1680. The average molecular weight is 571 g/mol. The van der Waals surface area contributed by atoms with Crippen LogP contribution in [0.3, 0.4) is 0 Å². The van der Waals surface area contributed by atoms with Crippen molar-refractivity contribution >= 4 is 40.3 Å². The van der Waals surface area contributed by atoms with Crippen LogP contribution in [0.25, 0.3) is 16.5 Å². The number of carbonyl (C=O) groups is 3. The van der Waals surface area contributed by atoms with Crippen molar-refractivity contribution in [1.82, 2.24) is 14.9 Å². The first-order valence-electron chi connectivity index (χ1n) is 13.7. The van der Waals surface area contributed by atoms with Crippen molar-refractivity contribution < 1.29 is 28.2 Å². The number of fused-ring (bicyclic) bond motifs is 3. The maximum atomic E-state index is 13.5. The van der Waals surface area contributed by atoms with Crippen LogP contribution in [0.2, 0.25) is 0 Å². The van der Waals surface area contributed by atoms with Gasteiger partial charge in [0.1, 0.15) is 17.4 Å². The Hall–Kier alpha value is -4.99. The molecule has 1 aliphatic rings. The zero-order valence-electron chi connectivity index (χ0n) is 23.8. The van der Waals surface area contributed by atoms with Crippen LogP contribution in [-0.2, 0) is 14.9 Å². The number of pyridine rings is 1. The Balaban J connectivity index is 1.54. The summed E-state index contributed by atoms with van der Waals surface area (Å²) in [5, 5.41) is 0.804. The van der Waals surface area contributed by atoms with E-state index >= 15 is 0 Å². The number of halogens is 1. The van der Waals surface area contributed by atoms with E-state index in [1.807, 2.05) is 26.8 Å². The molecule has 0 bridgehead atoms. The number of H-pyrrole nitrogens is 1. The molecule has 2 aromatic heterocycles. The van der Waals surface area contributed by atoms with Gasteiger partial charge < -0.3 is 19.4 Å². The van der Waals surface area contributed by atoms with Gasteiger partial charge >= 0.3 is 12.1 Å². The predicted molar refractivity (Wildman–Crippen MR) is 157 cm³/mol. The molecule has 2 amide bonds. The predicted octanol–water partition coefficient (Wildman–Crippen LogP) is 6.06. The lowest BCUT2D eigenvalue weighted by atomic mass is 9.81. The molecule has 216 valence electrons. The lowest BCUT2D eigenvalue weighted by molar-refractivity contribution is -0.136. The summed E-state index contributed by atoms with van der Waals surface area (Å²) in [7, 11) is 0. The molecule has 0 unspecified atom stereocenters. The number of esters is 1. The van der Waals surface area contributed by atoms with Crippen LogP contribution in [0, 0.1) is 5.82 Å². The van der Waals surface area contributed by atoms with E-state index in [1.54, 1.807) is 43.5 Å². The number of anilines is 1. The third-order valence-electron chi connectivity index (χ3n) is 7.08. The third kappa shape index (κ3) is 5.47. The summed E-state index contributed by atoms with van der Waals surface area (Å²) in [6.45, 7) is 8.24. The van der Waals surface area contributed by atoms with E-state index in [1.165, 1.54) is 40.3 Å². The molecule has 1 N–H and O–H groups in total. The molecule has 10 heteroatoms. The zero-order valence-corrected chi connectivity index (χ0v) is 23.8. The van der Waals surface area contributed by atoms with Gasteiger partial charge in [0.15, 0.2) is 0 Å². The van der Waals surface area contributed by atoms with Crippen LogP contribution in [0.4, 0.5) is 15.0 Å². The highest BCUT2D eigenvalue weighted by Gasteiger charge is 2.37. The van der Waals surface area contributed by atoms with Gasteiger partial charge in [-0.1, -0.05) is 19.9 Å². The van der Waals surface area contributed by atoms with E-state index in [-0.39, 0.29) is 24.6 Å². The smallest absolute Gasteiger partial charge is 0.420 e. The molecule has 42 heavy (non-hydrogen) atoms. The fourth-order valence-electron chi connectivity index (χ4n) is 5.22. The van der Waals surface area contributed by atoms with E-state index in [4.69, 9.17) is 9.47 Å². The van der Waals surface area contributed by atoms with Gasteiger partial charge in [0.25, 0.3) is 5.91 Å². The number of nitrogens with one attached hydrogen (secondary N) is 1. The third-order valence-corrected chi connectivity index (χ3v) is 7.08. The van der Waals surface area contributed by atoms with Gasteiger partial charge in [-0.25, -0.2) is 19.0 Å². The van der Waals surface area contributed by atoms with Crippen LogP contribution in [0.15, 0.2) is 73.1 Å². The van der Waals surface area contributed by atoms with Crippen molar-refractivity contribution in [2.45, 2.75) is 33.1 Å². The van der Waals surface area contributed by atoms with E-state index < -0.39 is 23.3 Å². The molecular formula is C32H31FN4O5. The van der Waals surface area contributed by atoms with Crippen LogP contribution in [0.1, 0.15) is 49.3 Å². The highest BCUT2D eigenvalue weighted by molar-refractivity contribution is 6.18. The van der Waals surface area contributed by atoms with Crippen LogP contribution >= 0.6 is 0 Å². The van der Waals surface area contributed by atoms with E-state index in [0.29, 0.717) is 34.9 Å². The Morgan fingerprint density at radius 1 is 1.07 bits per heavy atom. The first-order valence-corrected chi connectivity index (χ1v) is 13.7. The van der Waals surface area contributed by atoms with Crippen molar-refractivity contribution in [2.24, 2.45) is 0 Å². The van der Waals surface area contributed by atoms with E-state index in [9.17, 15) is 18.8 Å². The van der Waals surface area contributed by atoms with Crippen molar-refractivity contribution in [3.8, 4) is 5.75 Å². The van der Waals surface area contributed by atoms with Gasteiger partial charge in [-0.3, -0.25) is 9.69 Å². The molecule has 0 atom stereocenters. The van der Waals surface area contributed by atoms with E-state index in [2.05, 4.69) is 9.97 Å². The first-order chi connectivity index (χ1) is 20.1. The number of hydrogen-bond donors (Lipinski definition) is 1. The largest absolute Gasteiger partial charge is 0.462 e. The summed E-state index contributed by atoms with van der Waals surface area (Å²) in [5.41, 5.74) is 1.80. The number of nitrogens with zero attached hydrogens (tertiary/aromatic N) is 3. The van der Waals surface area contributed by atoms with Gasteiger partial charge in [0.05, 0.1) is 17.9 Å². The van der Waals surface area contributed by atoms with Crippen LogP contribution in [0.5, 0.6) is 5.75 Å². The molecule has 0 saturated heterocycles. The molecule has 0 aliphatic carbocycles. The topological polar surface area (TPSA) is 105 Å². The molecule has 1 aliphatic heterocycles. The van der Waals surface area contributed by atoms with Crippen LogP contribution in [-0.4, -0.2) is 52.5 Å². The standard InChI is InChI=1S/C32H31FN4O5/c1-5-37(26-9-7-8-16-34-26)31(40)42-22-14-15-23-25(17-22)35-28-24(30(39)41-6-2)18-36(19-32(3,4)27(23)28)29(38)20-10-12-21(33)13-11-20/h7-18,35H,5-6,19H2,1-4H3.